The molecule has 16 heavy (non-hydrogen) atoms. The fraction of sp³-hybridized carbons (Fsp3) is 0. The largest absolute Gasteiger partial charge is 0.233 e. The van der Waals surface area contributed by atoms with Crippen LogP contribution in [-0.2, 0) is 0 Å². The fourth-order valence-corrected chi connectivity index (χ4v) is 2.96. The molecule has 0 atom stereocenters. The van der Waals surface area contributed by atoms with Crippen LogP contribution in [-0.4, -0.2) is 4.98 Å². The Morgan fingerprint density at radius 2 is 2.06 bits per heavy atom. The lowest BCUT2D eigenvalue weighted by atomic mass is 10.2. The van der Waals surface area contributed by atoms with Crippen molar-refractivity contribution in [3.05, 3.63) is 41.0 Å². The number of rotatable bonds is 0. The van der Waals surface area contributed by atoms with Crippen molar-refractivity contribution >= 4 is 43.2 Å². The van der Waals surface area contributed by atoms with Crippen LogP contribution in [0.15, 0.2) is 30.3 Å². The zero-order valence-corrected chi connectivity index (χ0v) is 9.64. The molecule has 4 heteroatoms. The molecule has 3 rings (SSSR count). The molecule has 2 heterocycles. The number of pyridine rings is 1. The summed E-state index contributed by atoms with van der Waals surface area (Å²) in [6, 6.07) is 11.9. The van der Waals surface area contributed by atoms with Gasteiger partial charge in [-0.1, -0.05) is 29.8 Å². The maximum absolute atomic E-state index is 8.88. The van der Waals surface area contributed by atoms with Crippen LogP contribution in [0, 0.1) is 11.3 Å². The Kier molecular flexibility index (Phi) is 2.06. The van der Waals surface area contributed by atoms with Crippen molar-refractivity contribution in [1.82, 2.24) is 4.98 Å². The highest BCUT2D eigenvalue weighted by molar-refractivity contribution is 7.25. The summed E-state index contributed by atoms with van der Waals surface area (Å²) in [5.74, 6) is 0. The molecule has 0 bridgehead atoms. The second kappa shape index (κ2) is 3.44. The van der Waals surface area contributed by atoms with Gasteiger partial charge in [-0.2, -0.15) is 5.26 Å². The molecule has 0 N–H and O–H groups in total. The van der Waals surface area contributed by atoms with Crippen molar-refractivity contribution in [3.63, 3.8) is 0 Å². The van der Waals surface area contributed by atoms with E-state index in [-0.39, 0.29) is 5.15 Å². The Morgan fingerprint density at radius 3 is 2.88 bits per heavy atom. The molecular weight excluding hydrogens is 240 g/mol. The average Bonchev–Trinajstić information content (AvgIpc) is 2.66. The van der Waals surface area contributed by atoms with Crippen molar-refractivity contribution in [1.29, 1.82) is 5.26 Å². The van der Waals surface area contributed by atoms with E-state index in [4.69, 9.17) is 16.9 Å². The lowest BCUT2D eigenvalue weighted by molar-refractivity contribution is 1.39. The van der Waals surface area contributed by atoms with E-state index in [0.29, 0.717) is 5.56 Å². The van der Waals surface area contributed by atoms with Gasteiger partial charge in [0.2, 0.25) is 0 Å². The van der Waals surface area contributed by atoms with Crippen molar-refractivity contribution in [2.24, 2.45) is 0 Å². The molecule has 0 saturated carbocycles. The van der Waals surface area contributed by atoms with Crippen molar-refractivity contribution in [2.45, 2.75) is 0 Å². The second-order valence-corrected chi connectivity index (χ2v) is 4.83. The second-order valence-electron chi connectivity index (χ2n) is 3.38. The number of hydrogen-bond donors (Lipinski definition) is 0. The van der Waals surface area contributed by atoms with Crippen LogP contribution < -0.4 is 0 Å². The Balaban J connectivity index is 2.52. The Bertz CT molecular complexity index is 740. The first-order valence-electron chi connectivity index (χ1n) is 4.67. The van der Waals surface area contributed by atoms with Crippen LogP contribution in [0.3, 0.4) is 0 Å². The van der Waals surface area contributed by atoms with Crippen molar-refractivity contribution in [3.8, 4) is 6.07 Å². The van der Waals surface area contributed by atoms with Gasteiger partial charge in [-0.05, 0) is 12.1 Å². The summed E-state index contributed by atoms with van der Waals surface area (Å²) < 4.78 is 2.17. The predicted octanol–water partition coefficient (Wildman–Crippen LogP) is 3.97. The number of hydrogen-bond acceptors (Lipinski definition) is 3. The first-order chi connectivity index (χ1) is 7.79. The van der Waals surface area contributed by atoms with Crippen LogP contribution in [0.4, 0.5) is 0 Å². The highest BCUT2D eigenvalue weighted by Gasteiger charge is 2.09. The topological polar surface area (TPSA) is 36.7 Å². The molecule has 0 saturated heterocycles. The van der Waals surface area contributed by atoms with E-state index < -0.39 is 0 Å². The van der Waals surface area contributed by atoms with Crippen molar-refractivity contribution < 1.29 is 0 Å². The monoisotopic (exact) mass is 244 g/mol. The van der Waals surface area contributed by atoms with E-state index in [1.807, 2.05) is 30.3 Å². The summed E-state index contributed by atoms with van der Waals surface area (Å²) in [7, 11) is 0. The molecule has 0 fully saturated rings. The number of nitrogens with zero attached hydrogens (tertiary/aromatic N) is 2. The standard InChI is InChI=1S/C12H5ClN2S/c13-12-7(6-14)5-10-11(15-12)8-3-1-2-4-9(8)16-10/h1-5H. The van der Waals surface area contributed by atoms with Gasteiger partial charge >= 0.3 is 0 Å². The molecule has 0 aliphatic carbocycles. The molecule has 1 aromatic carbocycles. The number of nitriles is 1. The van der Waals surface area contributed by atoms with E-state index >= 15 is 0 Å². The Hall–Kier alpha value is -1.63. The minimum atomic E-state index is 0.276. The molecule has 3 aromatic rings. The van der Waals surface area contributed by atoms with Crippen LogP contribution in [0.25, 0.3) is 20.3 Å². The summed E-state index contributed by atoms with van der Waals surface area (Å²) in [5, 5.41) is 10.3. The van der Waals surface area contributed by atoms with E-state index in [0.717, 1.165) is 20.3 Å². The summed E-state index contributed by atoms with van der Waals surface area (Å²) >= 11 is 7.56. The lowest BCUT2D eigenvalue weighted by Crippen LogP contribution is -1.81. The summed E-state index contributed by atoms with van der Waals surface area (Å²) in [6.45, 7) is 0. The molecule has 0 radical (unpaired) electrons. The molecule has 0 amide bonds. The zero-order chi connectivity index (χ0) is 11.1. The SMILES string of the molecule is N#Cc1cc2sc3ccccc3c2nc1Cl. The number of aromatic nitrogens is 1. The van der Waals surface area contributed by atoms with Gasteiger partial charge in [0.1, 0.15) is 11.2 Å². The third-order valence-corrected chi connectivity index (χ3v) is 3.82. The highest BCUT2D eigenvalue weighted by Crippen LogP contribution is 2.34. The number of fused-ring (bicyclic) bond motifs is 3. The third-order valence-electron chi connectivity index (χ3n) is 2.42. The van der Waals surface area contributed by atoms with E-state index in [9.17, 15) is 0 Å². The molecule has 0 spiro atoms. The van der Waals surface area contributed by atoms with Gasteiger partial charge in [-0.15, -0.1) is 11.3 Å². The molecule has 0 unspecified atom stereocenters. The number of thiophene rings is 1. The fourth-order valence-electron chi connectivity index (χ4n) is 1.69. The molecular formula is C12H5ClN2S. The van der Waals surface area contributed by atoms with Gasteiger partial charge in [0.15, 0.2) is 0 Å². The quantitative estimate of drug-likeness (QED) is 0.561. The average molecular weight is 245 g/mol. The maximum atomic E-state index is 8.88. The van der Waals surface area contributed by atoms with E-state index in [1.165, 1.54) is 0 Å². The summed E-state index contributed by atoms with van der Waals surface area (Å²) in [4.78, 5) is 4.29. The lowest BCUT2D eigenvalue weighted by Gasteiger charge is -1.94. The molecule has 76 valence electrons. The van der Waals surface area contributed by atoms with Gasteiger partial charge < -0.3 is 0 Å². The van der Waals surface area contributed by atoms with Crippen LogP contribution in [0.5, 0.6) is 0 Å². The first-order valence-corrected chi connectivity index (χ1v) is 5.87. The third kappa shape index (κ3) is 1.28. The van der Waals surface area contributed by atoms with Gasteiger partial charge in [-0.3, -0.25) is 0 Å². The van der Waals surface area contributed by atoms with E-state index in [2.05, 4.69) is 4.98 Å². The normalized spacial score (nSPS) is 10.8. The minimum absolute atomic E-state index is 0.276. The molecule has 2 aromatic heterocycles. The van der Waals surface area contributed by atoms with Crippen molar-refractivity contribution in [2.75, 3.05) is 0 Å². The highest BCUT2D eigenvalue weighted by atomic mass is 35.5. The molecule has 2 nitrogen and oxygen atoms in total. The number of halogens is 1. The Labute approximate surface area is 101 Å². The zero-order valence-electron chi connectivity index (χ0n) is 8.07. The molecule has 0 aliphatic rings. The molecule has 0 aliphatic heterocycles. The van der Waals surface area contributed by atoms with Crippen LogP contribution in [0.1, 0.15) is 5.56 Å². The maximum Gasteiger partial charge on any atom is 0.147 e. The summed E-state index contributed by atoms with van der Waals surface area (Å²) in [6.07, 6.45) is 0. The first kappa shape index (κ1) is 9.59. The van der Waals surface area contributed by atoms with Gasteiger partial charge in [-0.25, -0.2) is 4.98 Å². The smallest absolute Gasteiger partial charge is 0.147 e. The summed E-state index contributed by atoms with van der Waals surface area (Å²) in [5.41, 5.74) is 1.31. The van der Waals surface area contributed by atoms with Gasteiger partial charge in [0.25, 0.3) is 0 Å². The Morgan fingerprint density at radius 1 is 1.25 bits per heavy atom. The van der Waals surface area contributed by atoms with Gasteiger partial charge in [0.05, 0.1) is 15.8 Å². The van der Waals surface area contributed by atoms with E-state index in [1.54, 1.807) is 17.4 Å². The van der Waals surface area contributed by atoms with Crippen LogP contribution >= 0.6 is 22.9 Å². The van der Waals surface area contributed by atoms with Gasteiger partial charge in [0, 0.05) is 10.1 Å². The number of benzene rings is 1. The minimum Gasteiger partial charge on any atom is -0.233 e. The predicted molar refractivity (Wildman–Crippen MR) is 66.9 cm³/mol. The van der Waals surface area contributed by atoms with Crippen LogP contribution in [0.2, 0.25) is 5.15 Å².